The van der Waals surface area contributed by atoms with Crippen molar-refractivity contribution in [1.29, 1.82) is 5.26 Å². The fourth-order valence-corrected chi connectivity index (χ4v) is 1.36. The summed E-state index contributed by atoms with van der Waals surface area (Å²) < 4.78 is 0. The molecule has 5 nitrogen and oxygen atoms in total. The van der Waals surface area contributed by atoms with Crippen molar-refractivity contribution in [3.05, 3.63) is 17.8 Å². The summed E-state index contributed by atoms with van der Waals surface area (Å²) in [5.74, 6) is 0.453. The molecule has 4 N–H and O–H groups in total. The lowest BCUT2D eigenvalue weighted by Gasteiger charge is -2.12. The van der Waals surface area contributed by atoms with Crippen molar-refractivity contribution in [3.8, 4) is 6.07 Å². The molecule has 86 valence electrons. The molecular weight excluding hydrogens is 204 g/mol. The number of nitrogens with two attached hydrogens (primary N) is 1. The van der Waals surface area contributed by atoms with Gasteiger partial charge in [-0.15, -0.1) is 0 Å². The van der Waals surface area contributed by atoms with E-state index in [1.54, 1.807) is 6.07 Å². The first-order valence-corrected chi connectivity index (χ1v) is 5.25. The SMILES string of the molecule is CCCC(O)CNc1nccc(C#N)c1N. The summed E-state index contributed by atoms with van der Waals surface area (Å²) in [5, 5.41) is 21.2. The number of hydrogen-bond acceptors (Lipinski definition) is 5. The first-order chi connectivity index (χ1) is 7.69. The number of nitrogens with zero attached hydrogens (tertiary/aromatic N) is 2. The highest BCUT2D eigenvalue weighted by molar-refractivity contribution is 5.68. The van der Waals surface area contributed by atoms with Gasteiger partial charge >= 0.3 is 0 Å². The van der Waals surface area contributed by atoms with Gasteiger partial charge in [-0.25, -0.2) is 4.98 Å². The molecule has 1 rings (SSSR count). The summed E-state index contributed by atoms with van der Waals surface area (Å²) in [6.45, 7) is 2.39. The molecule has 0 amide bonds. The van der Waals surface area contributed by atoms with Gasteiger partial charge in [-0.3, -0.25) is 0 Å². The minimum absolute atomic E-state index is 0.327. The minimum atomic E-state index is -0.419. The van der Waals surface area contributed by atoms with Crippen molar-refractivity contribution in [2.24, 2.45) is 0 Å². The highest BCUT2D eigenvalue weighted by Gasteiger charge is 2.07. The topological polar surface area (TPSA) is 95.0 Å². The van der Waals surface area contributed by atoms with E-state index in [9.17, 15) is 5.11 Å². The zero-order valence-corrected chi connectivity index (χ0v) is 9.27. The molecule has 1 aromatic rings. The molecule has 0 bridgehead atoms. The average molecular weight is 220 g/mol. The van der Waals surface area contributed by atoms with E-state index in [1.165, 1.54) is 6.20 Å². The van der Waals surface area contributed by atoms with Crippen molar-refractivity contribution in [1.82, 2.24) is 4.98 Å². The van der Waals surface area contributed by atoms with Crippen LogP contribution in [-0.4, -0.2) is 22.7 Å². The molecule has 0 aromatic carbocycles. The Bertz CT molecular complexity index is 386. The predicted molar refractivity (Wildman–Crippen MR) is 62.8 cm³/mol. The number of aliphatic hydroxyl groups is 1. The Labute approximate surface area is 94.9 Å². The number of nitriles is 1. The van der Waals surface area contributed by atoms with Gasteiger partial charge < -0.3 is 16.2 Å². The standard InChI is InChI=1S/C11H16N4O/c1-2-3-9(16)7-15-11-10(13)8(6-12)4-5-14-11/h4-5,9,16H,2-3,7,13H2,1H3,(H,14,15). The highest BCUT2D eigenvalue weighted by Crippen LogP contribution is 2.18. The molecule has 0 fully saturated rings. The van der Waals surface area contributed by atoms with E-state index in [2.05, 4.69) is 10.3 Å². The Morgan fingerprint density at radius 1 is 1.69 bits per heavy atom. The van der Waals surface area contributed by atoms with E-state index >= 15 is 0 Å². The number of anilines is 2. The van der Waals surface area contributed by atoms with E-state index < -0.39 is 6.10 Å². The molecule has 0 spiro atoms. The number of aromatic nitrogens is 1. The largest absolute Gasteiger partial charge is 0.395 e. The van der Waals surface area contributed by atoms with Crippen LogP contribution < -0.4 is 11.1 Å². The number of aliphatic hydroxyl groups excluding tert-OH is 1. The number of hydrogen-bond donors (Lipinski definition) is 3. The van der Waals surface area contributed by atoms with E-state index in [-0.39, 0.29) is 0 Å². The van der Waals surface area contributed by atoms with Gasteiger partial charge in [0, 0.05) is 12.7 Å². The van der Waals surface area contributed by atoms with Crippen molar-refractivity contribution in [3.63, 3.8) is 0 Å². The summed E-state index contributed by atoms with van der Waals surface area (Å²) in [7, 11) is 0. The molecule has 0 aliphatic carbocycles. The molecular formula is C11H16N4O. The highest BCUT2D eigenvalue weighted by atomic mass is 16.3. The Morgan fingerprint density at radius 3 is 3.06 bits per heavy atom. The Kier molecular flexibility index (Phi) is 4.55. The van der Waals surface area contributed by atoms with E-state index in [0.717, 1.165) is 12.8 Å². The van der Waals surface area contributed by atoms with Gasteiger partial charge in [0.1, 0.15) is 6.07 Å². The lowest BCUT2D eigenvalue weighted by Crippen LogP contribution is -2.20. The molecule has 1 heterocycles. The zero-order chi connectivity index (χ0) is 12.0. The summed E-state index contributed by atoms with van der Waals surface area (Å²) in [6.07, 6.45) is 2.75. The van der Waals surface area contributed by atoms with Crippen LogP contribution >= 0.6 is 0 Å². The Balaban J connectivity index is 2.64. The Morgan fingerprint density at radius 2 is 2.44 bits per heavy atom. The van der Waals surface area contributed by atoms with Gasteiger partial charge in [0.2, 0.25) is 0 Å². The maximum Gasteiger partial charge on any atom is 0.150 e. The number of pyridine rings is 1. The maximum atomic E-state index is 9.53. The van der Waals surface area contributed by atoms with Gasteiger partial charge in [0.25, 0.3) is 0 Å². The minimum Gasteiger partial charge on any atom is -0.395 e. The van der Waals surface area contributed by atoms with E-state index in [4.69, 9.17) is 11.0 Å². The fourth-order valence-electron chi connectivity index (χ4n) is 1.36. The van der Waals surface area contributed by atoms with Crippen molar-refractivity contribution in [2.45, 2.75) is 25.9 Å². The molecule has 16 heavy (non-hydrogen) atoms. The number of rotatable bonds is 5. The zero-order valence-electron chi connectivity index (χ0n) is 9.27. The molecule has 0 saturated heterocycles. The van der Waals surface area contributed by atoms with Gasteiger partial charge in [0.05, 0.1) is 17.4 Å². The second-order valence-corrected chi connectivity index (χ2v) is 3.56. The molecule has 0 aliphatic rings. The third-order valence-electron chi connectivity index (χ3n) is 2.24. The third-order valence-corrected chi connectivity index (χ3v) is 2.24. The van der Waals surface area contributed by atoms with Crippen LogP contribution in [0.5, 0.6) is 0 Å². The second kappa shape index (κ2) is 5.93. The summed E-state index contributed by atoms with van der Waals surface area (Å²) in [4.78, 5) is 4.02. The smallest absolute Gasteiger partial charge is 0.150 e. The van der Waals surface area contributed by atoms with Crippen LogP contribution in [0, 0.1) is 11.3 Å². The van der Waals surface area contributed by atoms with Gasteiger partial charge in [-0.2, -0.15) is 5.26 Å². The van der Waals surface area contributed by atoms with Crippen LogP contribution in [0.4, 0.5) is 11.5 Å². The maximum absolute atomic E-state index is 9.53. The van der Waals surface area contributed by atoms with Crippen molar-refractivity contribution >= 4 is 11.5 Å². The first-order valence-electron chi connectivity index (χ1n) is 5.25. The average Bonchev–Trinajstić information content (AvgIpc) is 2.28. The number of nitrogen functional groups attached to an aromatic ring is 1. The van der Waals surface area contributed by atoms with Crippen molar-refractivity contribution in [2.75, 3.05) is 17.6 Å². The van der Waals surface area contributed by atoms with E-state index in [1.807, 2.05) is 13.0 Å². The number of nitrogens with one attached hydrogen (secondary N) is 1. The van der Waals surface area contributed by atoms with E-state index in [0.29, 0.717) is 23.6 Å². The molecule has 1 aromatic heterocycles. The van der Waals surface area contributed by atoms with Gasteiger partial charge in [-0.1, -0.05) is 13.3 Å². The quantitative estimate of drug-likeness (QED) is 0.690. The van der Waals surface area contributed by atoms with Crippen LogP contribution in [0.1, 0.15) is 25.3 Å². The first kappa shape index (κ1) is 12.3. The lowest BCUT2D eigenvalue weighted by molar-refractivity contribution is 0.176. The van der Waals surface area contributed by atoms with Crippen molar-refractivity contribution < 1.29 is 5.11 Å². The molecule has 0 aliphatic heterocycles. The summed E-state index contributed by atoms with van der Waals surface area (Å²) in [6, 6.07) is 3.54. The fraction of sp³-hybridized carbons (Fsp3) is 0.455. The monoisotopic (exact) mass is 220 g/mol. The second-order valence-electron chi connectivity index (χ2n) is 3.56. The molecule has 0 radical (unpaired) electrons. The molecule has 0 saturated carbocycles. The molecule has 5 heteroatoms. The molecule has 1 unspecified atom stereocenters. The van der Waals surface area contributed by atoms with Crippen LogP contribution in [0.15, 0.2) is 12.3 Å². The lowest BCUT2D eigenvalue weighted by atomic mass is 10.2. The van der Waals surface area contributed by atoms with Crippen LogP contribution in [0.3, 0.4) is 0 Å². The Hall–Kier alpha value is -1.80. The van der Waals surface area contributed by atoms with Gasteiger partial charge in [-0.05, 0) is 12.5 Å². The predicted octanol–water partition coefficient (Wildman–Crippen LogP) is 1.11. The normalized spacial score (nSPS) is 11.8. The van der Waals surface area contributed by atoms with Crippen LogP contribution in [-0.2, 0) is 0 Å². The van der Waals surface area contributed by atoms with Crippen LogP contribution in [0.2, 0.25) is 0 Å². The third kappa shape index (κ3) is 3.11. The van der Waals surface area contributed by atoms with Crippen LogP contribution in [0.25, 0.3) is 0 Å². The molecule has 1 atom stereocenters. The summed E-state index contributed by atoms with van der Waals surface area (Å²) >= 11 is 0. The van der Waals surface area contributed by atoms with Gasteiger partial charge in [0.15, 0.2) is 5.82 Å². The summed E-state index contributed by atoms with van der Waals surface area (Å²) in [5.41, 5.74) is 6.44.